The number of halogens is 5. The number of hydrogen-bond acceptors (Lipinski definition) is 3. The Hall–Kier alpha value is -2.56. The molecular formula is C22H15Br2F3N2O3. The Balaban J connectivity index is 1.81. The summed E-state index contributed by atoms with van der Waals surface area (Å²) < 4.78 is 43.8. The van der Waals surface area contributed by atoms with Crippen LogP contribution in [-0.2, 0) is 5.72 Å². The Morgan fingerprint density at radius 3 is 2.03 bits per heavy atom. The Kier molecular flexibility index (Phi) is 5.95. The third-order valence-corrected chi connectivity index (χ3v) is 5.98. The summed E-state index contributed by atoms with van der Waals surface area (Å²) in [7, 11) is 0. The quantitative estimate of drug-likeness (QED) is 0.394. The van der Waals surface area contributed by atoms with Crippen molar-refractivity contribution >= 4 is 49.3 Å². The first-order chi connectivity index (χ1) is 15.1. The van der Waals surface area contributed by atoms with Crippen LogP contribution in [0.3, 0.4) is 0 Å². The van der Waals surface area contributed by atoms with Crippen LogP contribution in [0.4, 0.5) is 29.3 Å². The van der Waals surface area contributed by atoms with Crippen molar-refractivity contribution in [3.8, 4) is 5.75 Å². The molecule has 1 aliphatic heterocycles. The third kappa shape index (κ3) is 4.48. The Morgan fingerprint density at radius 2 is 1.47 bits per heavy atom. The highest BCUT2D eigenvalue weighted by Gasteiger charge is 2.51. The minimum absolute atomic E-state index is 0.0788. The van der Waals surface area contributed by atoms with Gasteiger partial charge in [0.15, 0.2) is 5.72 Å². The number of carbonyl (C=O) groups excluding carboxylic acids is 1. The monoisotopic (exact) mass is 570 g/mol. The van der Waals surface area contributed by atoms with E-state index in [1.165, 1.54) is 17.0 Å². The summed E-state index contributed by atoms with van der Waals surface area (Å²) in [6.45, 7) is -0.209. The van der Waals surface area contributed by atoms with Crippen LogP contribution in [0.1, 0.15) is 5.56 Å². The maximum absolute atomic E-state index is 13.4. The number of benzene rings is 3. The van der Waals surface area contributed by atoms with Crippen molar-refractivity contribution < 1.29 is 27.8 Å². The Labute approximate surface area is 198 Å². The average molecular weight is 572 g/mol. The number of ether oxygens (including phenoxy) is 1. The van der Waals surface area contributed by atoms with E-state index in [1.54, 1.807) is 48.5 Å². The topological polar surface area (TPSA) is 53.0 Å². The van der Waals surface area contributed by atoms with E-state index in [2.05, 4.69) is 36.6 Å². The molecule has 4 rings (SSSR count). The van der Waals surface area contributed by atoms with E-state index in [1.807, 2.05) is 0 Å². The van der Waals surface area contributed by atoms with Gasteiger partial charge >= 0.3 is 12.4 Å². The highest BCUT2D eigenvalue weighted by molar-refractivity contribution is 9.10. The van der Waals surface area contributed by atoms with Crippen molar-refractivity contribution in [2.45, 2.75) is 12.1 Å². The van der Waals surface area contributed by atoms with E-state index in [0.29, 0.717) is 11.4 Å². The van der Waals surface area contributed by atoms with Crippen LogP contribution in [0, 0.1) is 0 Å². The fourth-order valence-corrected chi connectivity index (χ4v) is 4.07. The molecule has 1 aliphatic rings. The summed E-state index contributed by atoms with van der Waals surface area (Å²) in [6, 6.07) is 18.1. The maximum atomic E-state index is 13.4. The molecule has 10 heteroatoms. The van der Waals surface area contributed by atoms with Crippen LogP contribution in [0.5, 0.6) is 5.75 Å². The lowest BCUT2D eigenvalue weighted by molar-refractivity contribution is -0.274. The molecule has 1 atom stereocenters. The fraction of sp³-hybridized carbons (Fsp3) is 0.136. The number of anilines is 2. The molecule has 166 valence electrons. The largest absolute Gasteiger partial charge is 0.573 e. The van der Waals surface area contributed by atoms with E-state index < -0.39 is 23.9 Å². The van der Waals surface area contributed by atoms with Crippen molar-refractivity contribution in [2.75, 3.05) is 16.3 Å². The second kappa shape index (κ2) is 8.42. The van der Waals surface area contributed by atoms with Gasteiger partial charge in [0.1, 0.15) is 5.75 Å². The summed E-state index contributed by atoms with van der Waals surface area (Å²) in [5, 5.41) is 11.7. The number of rotatable bonds is 4. The molecule has 3 aromatic rings. The molecule has 1 heterocycles. The lowest BCUT2D eigenvalue weighted by atomic mass is 10.0. The molecule has 5 nitrogen and oxygen atoms in total. The molecule has 1 saturated heterocycles. The zero-order valence-electron chi connectivity index (χ0n) is 16.2. The van der Waals surface area contributed by atoms with Crippen LogP contribution >= 0.6 is 31.9 Å². The smallest absolute Gasteiger partial charge is 0.406 e. The third-order valence-electron chi connectivity index (χ3n) is 4.92. The maximum Gasteiger partial charge on any atom is 0.573 e. The average Bonchev–Trinajstić information content (AvgIpc) is 3.00. The van der Waals surface area contributed by atoms with Crippen molar-refractivity contribution in [3.05, 3.63) is 87.3 Å². The zero-order valence-corrected chi connectivity index (χ0v) is 19.4. The molecule has 32 heavy (non-hydrogen) atoms. The standard InChI is InChI=1S/C22H15Br2F3N2O3/c23-15-4-8-17(9-5-15)28-13-21(31,14-2-1-3-19(12-14)32-22(25,26)27)29(20(28)30)18-10-6-16(24)7-11-18/h1-12,31H,13H2. The SMILES string of the molecule is O=C1N(c2ccc(Br)cc2)CC(O)(c2cccc(OC(F)(F)F)c2)N1c1ccc(Br)cc1. The normalized spacial score (nSPS) is 18.9. The van der Waals surface area contributed by atoms with Crippen LogP contribution in [0.25, 0.3) is 0 Å². The van der Waals surface area contributed by atoms with Crippen LogP contribution in [-0.4, -0.2) is 24.0 Å². The minimum Gasteiger partial charge on any atom is -0.406 e. The van der Waals surface area contributed by atoms with Crippen LogP contribution in [0.15, 0.2) is 81.7 Å². The number of amides is 2. The van der Waals surface area contributed by atoms with Gasteiger partial charge in [-0.2, -0.15) is 0 Å². The minimum atomic E-state index is -4.89. The van der Waals surface area contributed by atoms with Crippen LogP contribution in [0.2, 0.25) is 0 Å². The number of hydrogen-bond donors (Lipinski definition) is 1. The van der Waals surface area contributed by atoms with E-state index in [4.69, 9.17) is 0 Å². The first-order valence-electron chi connectivity index (χ1n) is 9.28. The van der Waals surface area contributed by atoms with Crippen LogP contribution < -0.4 is 14.5 Å². The summed E-state index contributed by atoms with van der Waals surface area (Å²) in [4.78, 5) is 16.0. The number of aliphatic hydroxyl groups is 1. The molecule has 0 spiro atoms. The molecular weight excluding hydrogens is 557 g/mol. The highest BCUT2D eigenvalue weighted by atomic mass is 79.9. The van der Waals surface area contributed by atoms with Gasteiger partial charge < -0.3 is 9.84 Å². The van der Waals surface area contributed by atoms with Crippen molar-refractivity contribution in [1.82, 2.24) is 0 Å². The molecule has 1 unspecified atom stereocenters. The van der Waals surface area contributed by atoms with Crippen molar-refractivity contribution in [3.63, 3.8) is 0 Å². The van der Waals surface area contributed by atoms with E-state index >= 15 is 0 Å². The van der Waals surface area contributed by atoms with Gasteiger partial charge in [0.2, 0.25) is 0 Å². The first-order valence-corrected chi connectivity index (χ1v) is 10.9. The van der Waals surface area contributed by atoms with Gasteiger partial charge in [0.05, 0.1) is 6.54 Å². The van der Waals surface area contributed by atoms with E-state index in [9.17, 15) is 23.1 Å². The van der Waals surface area contributed by atoms with Gasteiger partial charge in [-0.3, -0.25) is 9.80 Å². The molecule has 0 radical (unpaired) electrons. The van der Waals surface area contributed by atoms with Gasteiger partial charge in [-0.25, -0.2) is 4.79 Å². The molecule has 2 amide bonds. The van der Waals surface area contributed by atoms with Gasteiger partial charge in [0, 0.05) is 25.9 Å². The number of carbonyl (C=O) groups is 1. The second-order valence-corrected chi connectivity index (χ2v) is 8.88. The molecule has 1 N–H and O–H groups in total. The number of β-amino-alcohol motifs (C(OH)–C–C–N with tert-alkyl or cyclic N) is 1. The fourth-order valence-electron chi connectivity index (χ4n) is 3.54. The molecule has 1 fully saturated rings. The first kappa shape index (κ1) is 22.6. The molecule has 0 aliphatic carbocycles. The predicted octanol–water partition coefficient (Wildman–Crippen LogP) is 6.40. The lowest BCUT2D eigenvalue weighted by Crippen LogP contribution is -2.44. The summed E-state index contributed by atoms with van der Waals surface area (Å²) in [6.07, 6.45) is -4.89. The summed E-state index contributed by atoms with van der Waals surface area (Å²) in [5.74, 6) is -0.492. The highest BCUT2D eigenvalue weighted by Crippen LogP contribution is 2.41. The summed E-state index contributed by atoms with van der Waals surface area (Å²) in [5.41, 5.74) is -0.973. The van der Waals surface area contributed by atoms with Gasteiger partial charge in [0.25, 0.3) is 0 Å². The zero-order chi connectivity index (χ0) is 23.1. The summed E-state index contributed by atoms with van der Waals surface area (Å²) >= 11 is 6.67. The van der Waals surface area contributed by atoms with Crippen molar-refractivity contribution in [1.29, 1.82) is 0 Å². The predicted molar refractivity (Wildman–Crippen MR) is 121 cm³/mol. The van der Waals surface area contributed by atoms with Crippen molar-refractivity contribution in [2.24, 2.45) is 0 Å². The molecule has 0 saturated carbocycles. The number of nitrogens with zero attached hydrogens (tertiary/aromatic N) is 2. The van der Waals surface area contributed by atoms with Gasteiger partial charge in [-0.05, 0) is 60.7 Å². The number of alkyl halides is 3. The van der Waals surface area contributed by atoms with E-state index in [-0.39, 0.29) is 12.1 Å². The molecule has 0 bridgehead atoms. The Bertz CT molecular complexity index is 1140. The van der Waals surface area contributed by atoms with Gasteiger partial charge in [-0.15, -0.1) is 13.2 Å². The molecule has 3 aromatic carbocycles. The Morgan fingerprint density at radius 1 is 0.906 bits per heavy atom. The second-order valence-electron chi connectivity index (χ2n) is 7.05. The molecule has 0 aromatic heterocycles. The lowest BCUT2D eigenvalue weighted by Gasteiger charge is -2.32. The van der Waals surface area contributed by atoms with Gasteiger partial charge in [-0.1, -0.05) is 44.0 Å². The van der Waals surface area contributed by atoms with E-state index in [0.717, 1.165) is 26.0 Å². The number of urea groups is 1.